The second-order valence-corrected chi connectivity index (χ2v) is 3.88. The fraction of sp³-hybridized carbons (Fsp3) is 0.900. The maximum Gasteiger partial charge on any atom is 0.320 e. The Morgan fingerprint density at radius 1 is 1.62 bits per heavy atom. The van der Waals surface area contributed by atoms with Gasteiger partial charge in [-0.05, 0) is 31.7 Å². The number of carbonyl (C=O) groups is 1. The Morgan fingerprint density at radius 2 is 2.31 bits per heavy atom. The molecule has 1 aliphatic carbocycles. The highest BCUT2D eigenvalue weighted by molar-refractivity contribution is 5.73. The lowest BCUT2D eigenvalue weighted by molar-refractivity contribution is -0.139. The summed E-state index contributed by atoms with van der Waals surface area (Å²) in [7, 11) is 0. The lowest BCUT2D eigenvalue weighted by Crippen LogP contribution is -2.37. The highest BCUT2D eigenvalue weighted by Crippen LogP contribution is 2.27. The highest BCUT2D eigenvalue weighted by atomic mass is 16.4. The van der Waals surface area contributed by atoms with Gasteiger partial charge in [-0.3, -0.25) is 4.79 Å². The molecule has 1 aliphatic rings. The van der Waals surface area contributed by atoms with Gasteiger partial charge in [-0.2, -0.15) is 0 Å². The van der Waals surface area contributed by atoms with Gasteiger partial charge in [0.1, 0.15) is 6.04 Å². The largest absolute Gasteiger partial charge is 0.480 e. The van der Waals surface area contributed by atoms with Gasteiger partial charge in [-0.1, -0.05) is 19.8 Å². The van der Waals surface area contributed by atoms with Gasteiger partial charge in [0.2, 0.25) is 0 Å². The van der Waals surface area contributed by atoms with Crippen molar-refractivity contribution in [1.29, 1.82) is 0 Å². The fourth-order valence-electron chi connectivity index (χ4n) is 1.35. The number of aliphatic carboxylic acids is 1. The zero-order valence-corrected chi connectivity index (χ0v) is 8.25. The van der Waals surface area contributed by atoms with Crippen molar-refractivity contribution in [3.05, 3.63) is 0 Å². The molecular formula is C10H19NO2. The molecule has 0 aromatic rings. The number of hydrogen-bond acceptors (Lipinski definition) is 2. The minimum Gasteiger partial charge on any atom is -0.480 e. The van der Waals surface area contributed by atoms with Crippen molar-refractivity contribution in [2.45, 2.75) is 45.1 Å². The summed E-state index contributed by atoms with van der Waals surface area (Å²) in [6.45, 7) is 2.97. The van der Waals surface area contributed by atoms with Crippen LogP contribution in [0, 0.1) is 5.92 Å². The molecule has 1 atom stereocenters. The van der Waals surface area contributed by atoms with Crippen LogP contribution in [0.5, 0.6) is 0 Å². The highest BCUT2D eigenvalue weighted by Gasteiger charge is 2.24. The first-order chi connectivity index (χ1) is 6.24. The molecule has 1 unspecified atom stereocenters. The van der Waals surface area contributed by atoms with Crippen LogP contribution in [0.4, 0.5) is 0 Å². The first-order valence-electron chi connectivity index (χ1n) is 5.20. The predicted octanol–water partition coefficient (Wildman–Crippen LogP) is 1.63. The molecule has 0 radical (unpaired) electrons. The summed E-state index contributed by atoms with van der Waals surface area (Å²) in [6.07, 6.45) is 5.36. The van der Waals surface area contributed by atoms with Crippen molar-refractivity contribution in [3.8, 4) is 0 Å². The van der Waals surface area contributed by atoms with Gasteiger partial charge in [0, 0.05) is 0 Å². The monoisotopic (exact) mass is 185 g/mol. The lowest BCUT2D eigenvalue weighted by Gasteiger charge is -2.13. The number of nitrogens with one attached hydrogen (secondary N) is 1. The average molecular weight is 185 g/mol. The van der Waals surface area contributed by atoms with Crippen LogP contribution < -0.4 is 5.32 Å². The summed E-state index contributed by atoms with van der Waals surface area (Å²) in [4.78, 5) is 10.8. The number of rotatable bonds is 7. The van der Waals surface area contributed by atoms with Gasteiger partial charge in [-0.15, -0.1) is 0 Å². The van der Waals surface area contributed by atoms with E-state index in [-0.39, 0.29) is 6.04 Å². The summed E-state index contributed by atoms with van der Waals surface area (Å²) in [6, 6.07) is -0.319. The summed E-state index contributed by atoms with van der Waals surface area (Å²) in [5.41, 5.74) is 0. The molecule has 76 valence electrons. The molecule has 0 bridgehead atoms. The van der Waals surface area contributed by atoms with E-state index in [0.29, 0.717) is 0 Å². The zero-order valence-electron chi connectivity index (χ0n) is 8.25. The van der Waals surface area contributed by atoms with Crippen LogP contribution in [0.3, 0.4) is 0 Å². The topological polar surface area (TPSA) is 49.3 Å². The maximum absolute atomic E-state index is 10.8. The molecule has 0 amide bonds. The van der Waals surface area contributed by atoms with Crippen molar-refractivity contribution in [2.24, 2.45) is 5.92 Å². The molecule has 1 saturated carbocycles. The number of hydrogen-bond donors (Lipinski definition) is 2. The summed E-state index contributed by atoms with van der Waals surface area (Å²) >= 11 is 0. The van der Waals surface area contributed by atoms with Crippen LogP contribution in [0.1, 0.15) is 39.0 Å². The van der Waals surface area contributed by atoms with Crippen LogP contribution in [-0.4, -0.2) is 23.7 Å². The van der Waals surface area contributed by atoms with Gasteiger partial charge in [-0.25, -0.2) is 0 Å². The Labute approximate surface area is 79.5 Å². The minimum absolute atomic E-state index is 0.319. The first kappa shape index (κ1) is 10.5. The zero-order chi connectivity index (χ0) is 9.68. The van der Waals surface area contributed by atoms with E-state index in [1.54, 1.807) is 0 Å². The first-order valence-corrected chi connectivity index (χ1v) is 5.20. The smallest absolute Gasteiger partial charge is 0.320 e. The Balaban J connectivity index is 2.15. The third-order valence-electron chi connectivity index (χ3n) is 2.49. The number of carboxylic acids is 1. The lowest BCUT2D eigenvalue weighted by atomic mass is 10.1. The summed E-state index contributed by atoms with van der Waals surface area (Å²) in [5, 5.41) is 12.0. The summed E-state index contributed by atoms with van der Waals surface area (Å²) in [5.74, 6) is 0.0533. The van der Waals surface area contributed by atoms with Gasteiger partial charge in [0.15, 0.2) is 0 Å². The van der Waals surface area contributed by atoms with Crippen LogP contribution in [0.2, 0.25) is 0 Å². The van der Waals surface area contributed by atoms with Crippen molar-refractivity contribution < 1.29 is 9.90 Å². The van der Waals surface area contributed by atoms with Crippen molar-refractivity contribution >= 4 is 5.97 Å². The van der Waals surface area contributed by atoms with Crippen molar-refractivity contribution in [1.82, 2.24) is 5.32 Å². The third kappa shape index (κ3) is 4.27. The summed E-state index contributed by atoms with van der Waals surface area (Å²) < 4.78 is 0. The Morgan fingerprint density at radius 3 is 2.77 bits per heavy atom. The van der Waals surface area contributed by atoms with Gasteiger partial charge < -0.3 is 10.4 Å². The third-order valence-corrected chi connectivity index (χ3v) is 2.49. The normalized spacial score (nSPS) is 18.5. The van der Waals surface area contributed by atoms with E-state index in [4.69, 9.17) is 5.11 Å². The molecule has 1 fully saturated rings. The molecule has 0 spiro atoms. The van der Waals surface area contributed by atoms with Crippen molar-refractivity contribution in [3.63, 3.8) is 0 Å². The molecule has 13 heavy (non-hydrogen) atoms. The minimum atomic E-state index is -0.700. The van der Waals surface area contributed by atoms with Crippen LogP contribution >= 0.6 is 0 Å². The molecular weight excluding hydrogens is 166 g/mol. The van der Waals surface area contributed by atoms with Crippen LogP contribution in [0.25, 0.3) is 0 Å². The van der Waals surface area contributed by atoms with E-state index in [2.05, 4.69) is 12.2 Å². The van der Waals surface area contributed by atoms with E-state index < -0.39 is 5.97 Å². The molecule has 0 aromatic carbocycles. The molecule has 0 aliphatic heterocycles. The average Bonchev–Trinajstić information content (AvgIpc) is 2.87. The molecule has 0 saturated heterocycles. The van der Waals surface area contributed by atoms with E-state index in [0.717, 1.165) is 31.7 Å². The maximum atomic E-state index is 10.8. The van der Waals surface area contributed by atoms with Gasteiger partial charge in [0.25, 0.3) is 0 Å². The van der Waals surface area contributed by atoms with E-state index in [1.807, 2.05) is 0 Å². The molecule has 3 heteroatoms. The fourth-order valence-corrected chi connectivity index (χ4v) is 1.35. The van der Waals surface area contributed by atoms with Gasteiger partial charge >= 0.3 is 5.97 Å². The quantitative estimate of drug-likeness (QED) is 0.633. The number of unbranched alkanes of at least 4 members (excludes halogenated alkanes) is 1. The van der Waals surface area contributed by atoms with E-state index in [9.17, 15) is 4.79 Å². The molecule has 2 N–H and O–H groups in total. The Hall–Kier alpha value is -0.570. The van der Waals surface area contributed by atoms with Gasteiger partial charge in [0.05, 0.1) is 0 Å². The Kier molecular flexibility index (Phi) is 4.22. The number of carboxylic acid groups (broad SMARTS) is 1. The van der Waals surface area contributed by atoms with Crippen LogP contribution in [0.15, 0.2) is 0 Å². The second-order valence-electron chi connectivity index (χ2n) is 3.88. The standard InChI is InChI=1S/C10H19NO2/c1-2-3-4-9(10(12)13)11-7-8-5-6-8/h8-9,11H,2-7H2,1H3,(H,12,13). The second kappa shape index (κ2) is 5.22. The molecule has 3 nitrogen and oxygen atoms in total. The Bertz CT molecular complexity index is 166. The molecule has 1 rings (SSSR count). The van der Waals surface area contributed by atoms with Crippen molar-refractivity contribution in [2.75, 3.05) is 6.54 Å². The predicted molar refractivity (Wildman–Crippen MR) is 51.7 cm³/mol. The van der Waals surface area contributed by atoms with E-state index >= 15 is 0 Å². The van der Waals surface area contributed by atoms with Crippen LogP contribution in [-0.2, 0) is 4.79 Å². The SMILES string of the molecule is CCCCC(NCC1CC1)C(=O)O. The molecule has 0 aromatic heterocycles. The molecule has 0 heterocycles. The van der Waals surface area contributed by atoms with E-state index in [1.165, 1.54) is 12.8 Å².